The van der Waals surface area contributed by atoms with E-state index in [2.05, 4.69) is 44.2 Å². The second-order valence-corrected chi connectivity index (χ2v) is 6.60. The van der Waals surface area contributed by atoms with Crippen molar-refractivity contribution in [3.8, 4) is 23.0 Å². The first-order valence-electron chi connectivity index (χ1n) is 8.22. The van der Waals surface area contributed by atoms with E-state index in [1.54, 1.807) is 0 Å². The summed E-state index contributed by atoms with van der Waals surface area (Å²) in [6.45, 7) is 5.06. The number of allylic oxidation sites excluding steroid dienone is 1. The first-order chi connectivity index (χ1) is 11.7. The molecule has 122 valence electrons. The molecule has 0 fully saturated rings. The molecule has 0 saturated heterocycles. The summed E-state index contributed by atoms with van der Waals surface area (Å²) in [6, 6.07) is 10.5. The van der Waals surface area contributed by atoms with E-state index in [1.807, 2.05) is 6.07 Å². The predicted octanol–water partition coefficient (Wildman–Crippen LogP) is 4.33. The van der Waals surface area contributed by atoms with Crippen LogP contribution in [-0.4, -0.2) is 13.6 Å². The molecule has 2 atom stereocenters. The average Bonchev–Trinajstić information content (AvgIpc) is 3.22. The largest absolute Gasteiger partial charge is 0.454 e. The molecule has 24 heavy (non-hydrogen) atoms. The Bertz CT molecular complexity index is 868. The summed E-state index contributed by atoms with van der Waals surface area (Å²) in [4.78, 5) is 0. The van der Waals surface area contributed by atoms with Crippen LogP contribution in [0, 0.1) is 5.92 Å². The number of rotatable bonds is 1. The van der Waals surface area contributed by atoms with Crippen molar-refractivity contribution >= 4 is 6.08 Å². The molecule has 0 N–H and O–H groups in total. The first kappa shape index (κ1) is 13.8. The van der Waals surface area contributed by atoms with Crippen LogP contribution < -0.4 is 18.9 Å². The summed E-state index contributed by atoms with van der Waals surface area (Å²) in [7, 11) is 0. The molecule has 1 aliphatic carbocycles. The maximum atomic E-state index is 5.60. The minimum absolute atomic E-state index is 0.258. The maximum Gasteiger partial charge on any atom is 0.231 e. The molecule has 4 heteroatoms. The van der Waals surface area contributed by atoms with Crippen molar-refractivity contribution in [2.24, 2.45) is 5.92 Å². The first-order valence-corrected chi connectivity index (χ1v) is 8.22. The van der Waals surface area contributed by atoms with E-state index >= 15 is 0 Å². The van der Waals surface area contributed by atoms with Crippen LogP contribution in [0.15, 0.2) is 35.9 Å². The summed E-state index contributed by atoms with van der Waals surface area (Å²) < 4.78 is 22.2. The molecule has 3 aliphatic rings. The quantitative estimate of drug-likeness (QED) is 0.783. The molecule has 0 bridgehead atoms. The van der Waals surface area contributed by atoms with Crippen LogP contribution in [0.3, 0.4) is 0 Å². The molecule has 4 nitrogen and oxygen atoms in total. The molecular weight excluding hydrogens is 304 g/mol. The van der Waals surface area contributed by atoms with Crippen molar-refractivity contribution in [1.82, 2.24) is 0 Å². The molecule has 2 aliphatic heterocycles. The Morgan fingerprint density at radius 3 is 2.29 bits per heavy atom. The molecule has 2 aromatic rings. The lowest BCUT2D eigenvalue weighted by Crippen LogP contribution is -2.17. The molecule has 0 amide bonds. The lowest BCUT2D eigenvalue weighted by atomic mass is 9.72. The highest BCUT2D eigenvalue weighted by Gasteiger charge is 2.31. The van der Waals surface area contributed by atoms with E-state index in [0.29, 0.717) is 19.5 Å². The van der Waals surface area contributed by atoms with Gasteiger partial charge in [-0.2, -0.15) is 0 Å². The highest BCUT2D eigenvalue weighted by atomic mass is 16.7. The molecule has 0 spiro atoms. The van der Waals surface area contributed by atoms with E-state index in [-0.39, 0.29) is 5.92 Å². The van der Waals surface area contributed by atoms with E-state index in [1.165, 1.54) is 22.3 Å². The molecule has 2 heterocycles. The average molecular weight is 322 g/mol. The van der Waals surface area contributed by atoms with Crippen LogP contribution in [0.1, 0.15) is 36.5 Å². The van der Waals surface area contributed by atoms with Gasteiger partial charge in [0.1, 0.15) is 0 Å². The molecular formula is C20H18O4. The monoisotopic (exact) mass is 322 g/mol. The highest BCUT2D eigenvalue weighted by Crippen LogP contribution is 2.48. The van der Waals surface area contributed by atoms with Crippen molar-refractivity contribution in [1.29, 1.82) is 0 Å². The third-order valence-electron chi connectivity index (χ3n) is 5.27. The normalized spacial score (nSPS) is 23.0. The minimum Gasteiger partial charge on any atom is -0.454 e. The Hall–Kier alpha value is -2.62. The molecule has 0 unspecified atom stereocenters. The summed E-state index contributed by atoms with van der Waals surface area (Å²) in [5, 5.41) is 0. The van der Waals surface area contributed by atoms with Gasteiger partial charge in [-0.05, 0) is 53.8 Å². The van der Waals surface area contributed by atoms with Gasteiger partial charge in [0.05, 0.1) is 0 Å². The zero-order chi connectivity index (χ0) is 16.3. The van der Waals surface area contributed by atoms with Gasteiger partial charge in [0, 0.05) is 5.92 Å². The van der Waals surface area contributed by atoms with Gasteiger partial charge in [-0.3, -0.25) is 0 Å². The van der Waals surface area contributed by atoms with Gasteiger partial charge < -0.3 is 18.9 Å². The zero-order valence-corrected chi connectivity index (χ0v) is 13.7. The van der Waals surface area contributed by atoms with Gasteiger partial charge in [0.2, 0.25) is 13.6 Å². The predicted molar refractivity (Wildman–Crippen MR) is 89.8 cm³/mol. The fourth-order valence-electron chi connectivity index (χ4n) is 3.85. The fraction of sp³-hybridized carbons (Fsp3) is 0.300. The van der Waals surface area contributed by atoms with Crippen molar-refractivity contribution in [2.45, 2.75) is 19.8 Å². The lowest BCUT2D eigenvalue weighted by molar-refractivity contribution is 0.173. The molecule has 0 saturated carbocycles. The van der Waals surface area contributed by atoms with Gasteiger partial charge in [0.15, 0.2) is 23.0 Å². The van der Waals surface area contributed by atoms with Crippen LogP contribution in [0.4, 0.5) is 0 Å². The third-order valence-corrected chi connectivity index (χ3v) is 5.27. The molecule has 5 rings (SSSR count). The van der Waals surface area contributed by atoms with Gasteiger partial charge in [-0.1, -0.05) is 24.6 Å². The maximum absolute atomic E-state index is 5.60. The van der Waals surface area contributed by atoms with Crippen molar-refractivity contribution in [2.75, 3.05) is 13.6 Å². The summed E-state index contributed by atoms with van der Waals surface area (Å²) in [5.41, 5.74) is 5.08. The van der Waals surface area contributed by atoms with E-state index in [9.17, 15) is 0 Å². The second-order valence-electron chi connectivity index (χ2n) is 6.60. The Kier molecular flexibility index (Phi) is 2.84. The van der Waals surface area contributed by atoms with E-state index in [0.717, 1.165) is 23.0 Å². The Balaban J connectivity index is 1.67. The minimum atomic E-state index is 0.258. The van der Waals surface area contributed by atoms with E-state index in [4.69, 9.17) is 18.9 Å². The zero-order valence-electron chi connectivity index (χ0n) is 13.7. The topological polar surface area (TPSA) is 36.9 Å². The summed E-state index contributed by atoms with van der Waals surface area (Å²) in [5.74, 6) is 3.97. The van der Waals surface area contributed by atoms with E-state index < -0.39 is 0 Å². The van der Waals surface area contributed by atoms with Crippen molar-refractivity contribution < 1.29 is 18.9 Å². The van der Waals surface area contributed by atoms with Gasteiger partial charge in [0.25, 0.3) is 0 Å². The van der Waals surface area contributed by atoms with Crippen molar-refractivity contribution in [3.05, 3.63) is 52.6 Å². The smallest absolute Gasteiger partial charge is 0.231 e. The second kappa shape index (κ2) is 4.94. The number of benzene rings is 2. The SMILES string of the molecule is CC1=Cc2cc3c(cc2[C@H](c2ccc4c(c2)OCO4)[C@H]1C)OCO3. The van der Waals surface area contributed by atoms with Crippen LogP contribution >= 0.6 is 0 Å². The van der Waals surface area contributed by atoms with Gasteiger partial charge >= 0.3 is 0 Å². The Labute approximate surface area is 140 Å². The third kappa shape index (κ3) is 1.92. The molecule has 0 aromatic heterocycles. The number of fused-ring (bicyclic) bond motifs is 3. The number of hydrogen-bond acceptors (Lipinski definition) is 4. The Morgan fingerprint density at radius 2 is 1.50 bits per heavy atom. The van der Waals surface area contributed by atoms with Gasteiger partial charge in [-0.15, -0.1) is 0 Å². The number of hydrogen-bond donors (Lipinski definition) is 0. The molecule has 2 aromatic carbocycles. The van der Waals surface area contributed by atoms with Crippen LogP contribution in [0.25, 0.3) is 6.08 Å². The van der Waals surface area contributed by atoms with Crippen molar-refractivity contribution in [3.63, 3.8) is 0 Å². The highest BCUT2D eigenvalue weighted by molar-refractivity contribution is 5.68. The van der Waals surface area contributed by atoms with Gasteiger partial charge in [-0.25, -0.2) is 0 Å². The van der Waals surface area contributed by atoms with Crippen LogP contribution in [0.2, 0.25) is 0 Å². The van der Waals surface area contributed by atoms with Crippen LogP contribution in [0.5, 0.6) is 23.0 Å². The summed E-state index contributed by atoms with van der Waals surface area (Å²) in [6.07, 6.45) is 2.26. The number of ether oxygens (including phenoxy) is 4. The molecule has 0 radical (unpaired) electrons. The lowest BCUT2D eigenvalue weighted by Gasteiger charge is -2.31. The Morgan fingerprint density at radius 1 is 0.833 bits per heavy atom. The van der Waals surface area contributed by atoms with Crippen LogP contribution in [-0.2, 0) is 0 Å². The standard InChI is InChI=1S/C20H18O4/c1-11-5-14-7-18-19(24-10-23-18)8-15(14)20(12(11)2)13-3-4-16-17(6-13)22-9-21-16/h3-8,12,20H,9-10H2,1-2H3/t12-,20-/m0/s1. The summed E-state index contributed by atoms with van der Waals surface area (Å²) >= 11 is 0. The fourth-order valence-corrected chi connectivity index (χ4v) is 3.85.